The molecule has 0 saturated carbocycles. The minimum Gasteiger partial charge on any atom is -0.466 e. The minimum absolute atomic E-state index is 0.0299. The Balaban J connectivity index is 3.54. The second kappa shape index (κ2) is 52.0. The van der Waals surface area contributed by atoms with Gasteiger partial charge in [0.25, 0.3) is 0 Å². The Labute approximate surface area is 386 Å². The first-order valence-electron chi connectivity index (χ1n) is 27.6. The maximum Gasteiger partial charge on any atom is 0.305 e. The van der Waals surface area contributed by atoms with E-state index in [1.54, 1.807) is 6.08 Å². The summed E-state index contributed by atoms with van der Waals surface area (Å²) in [6.45, 7) is 4.84. The third-order valence-corrected chi connectivity index (χ3v) is 12.7. The smallest absolute Gasteiger partial charge is 0.305 e. The van der Waals surface area contributed by atoms with E-state index in [4.69, 9.17) is 4.74 Å². The van der Waals surface area contributed by atoms with Gasteiger partial charge in [-0.2, -0.15) is 0 Å². The van der Waals surface area contributed by atoms with Gasteiger partial charge in [0.05, 0.1) is 25.4 Å². The summed E-state index contributed by atoms with van der Waals surface area (Å²) in [5, 5.41) is 23.1. The van der Waals surface area contributed by atoms with Gasteiger partial charge in [-0.05, 0) is 57.8 Å². The molecule has 6 nitrogen and oxygen atoms in total. The van der Waals surface area contributed by atoms with E-state index in [2.05, 4.69) is 31.3 Å². The molecular formula is C56H107NO5. The van der Waals surface area contributed by atoms with Gasteiger partial charge in [-0.15, -0.1) is 0 Å². The molecule has 0 radical (unpaired) electrons. The van der Waals surface area contributed by atoms with Crippen LogP contribution in [0.2, 0.25) is 0 Å². The lowest BCUT2D eigenvalue weighted by molar-refractivity contribution is -0.143. The van der Waals surface area contributed by atoms with Crippen LogP contribution in [-0.4, -0.2) is 47.4 Å². The van der Waals surface area contributed by atoms with E-state index in [0.717, 1.165) is 83.5 Å². The molecule has 2 atom stereocenters. The summed E-state index contributed by atoms with van der Waals surface area (Å²) >= 11 is 0. The maximum atomic E-state index is 12.4. The summed E-state index contributed by atoms with van der Waals surface area (Å²) < 4.78 is 5.44. The van der Waals surface area contributed by atoms with Crippen molar-refractivity contribution in [1.29, 1.82) is 0 Å². The second-order valence-electron chi connectivity index (χ2n) is 18.9. The first-order valence-corrected chi connectivity index (χ1v) is 27.6. The molecule has 0 spiro atoms. The Hall–Kier alpha value is -1.66. The first kappa shape index (κ1) is 60.3. The molecule has 0 aliphatic heterocycles. The van der Waals surface area contributed by atoms with Crippen molar-refractivity contribution in [1.82, 2.24) is 5.32 Å². The number of aliphatic hydroxyl groups excluding tert-OH is 2. The number of carbonyl (C=O) groups is 2. The number of rotatable bonds is 51. The Morgan fingerprint density at radius 2 is 0.758 bits per heavy atom. The van der Waals surface area contributed by atoms with E-state index < -0.39 is 12.1 Å². The van der Waals surface area contributed by atoms with Crippen LogP contribution in [0, 0.1) is 0 Å². The highest BCUT2D eigenvalue weighted by molar-refractivity contribution is 5.76. The minimum atomic E-state index is -0.862. The Morgan fingerprint density at radius 1 is 0.435 bits per heavy atom. The van der Waals surface area contributed by atoms with Gasteiger partial charge in [-0.3, -0.25) is 9.59 Å². The van der Waals surface area contributed by atoms with Crippen LogP contribution >= 0.6 is 0 Å². The van der Waals surface area contributed by atoms with Crippen LogP contribution in [0.4, 0.5) is 0 Å². The number of carbonyl (C=O) groups excluding carboxylic acids is 2. The molecule has 0 aromatic rings. The molecule has 0 heterocycles. The third-order valence-electron chi connectivity index (χ3n) is 12.7. The molecule has 2 unspecified atom stereocenters. The van der Waals surface area contributed by atoms with Gasteiger partial charge in [0.1, 0.15) is 0 Å². The van der Waals surface area contributed by atoms with Crippen molar-refractivity contribution in [2.45, 2.75) is 309 Å². The quantitative estimate of drug-likeness (QED) is 0.0321. The van der Waals surface area contributed by atoms with Gasteiger partial charge >= 0.3 is 5.97 Å². The van der Waals surface area contributed by atoms with Crippen LogP contribution < -0.4 is 5.32 Å². The van der Waals surface area contributed by atoms with Crippen molar-refractivity contribution >= 4 is 11.9 Å². The molecule has 0 fully saturated rings. The first-order chi connectivity index (χ1) is 30.5. The highest BCUT2D eigenvalue weighted by Gasteiger charge is 2.18. The number of esters is 1. The molecule has 0 saturated heterocycles. The third kappa shape index (κ3) is 47.8. The van der Waals surface area contributed by atoms with Crippen molar-refractivity contribution in [2.24, 2.45) is 0 Å². The largest absolute Gasteiger partial charge is 0.466 e. The van der Waals surface area contributed by atoms with E-state index in [-0.39, 0.29) is 18.5 Å². The van der Waals surface area contributed by atoms with Gasteiger partial charge in [0.15, 0.2) is 0 Å². The summed E-state index contributed by atoms with van der Waals surface area (Å²) in [4.78, 5) is 24.5. The molecule has 0 rings (SSSR count). The number of allylic oxidation sites excluding steroid dienone is 3. The average Bonchev–Trinajstić information content (AvgIpc) is 3.27. The lowest BCUT2D eigenvalue weighted by Gasteiger charge is -2.20. The maximum absolute atomic E-state index is 12.4. The SMILES string of the molecule is CCCCCCCCCCCCCCCCCCC/C=C/C(O)C(CO)NC(=O)CCCCCCC/C=C\CCCCOC(=O)CCCCCCCCCCCCCCCCC. The Kier molecular flexibility index (Phi) is 50.6. The van der Waals surface area contributed by atoms with Crippen molar-refractivity contribution in [3.05, 3.63) is 24.3 Å². The van der Waals surface area contributed by atoms with Crippen molar-refractivity contribution in [3.63, 3.8) is 0 Å². The normalized spacial score (nSPS) is 12.8. The summed E-state index contributed by atoms with van der Waals surface area (Å²) in [5.41, 5.74) is 0. The molecule has 62 heavy (non-hydrogen) atoms. The zero-order valence-corrected chi connectivity index (χ0v) is 41.6. The lowest BCUT2D eigenvalue weighted by atomic mass is 10.0. The van der Waals surface area contributed by atoms with Crippen LogP contribution in [-0.2, 0) is 14.3 Å². The fraction of sp³-hybridized carbons (Fsp3) is 0.893. The van der Waals surface area contributed by atoms with Crippen LogP contribution in [0.5, 0.6) is 0 Å². The highest BCUT2D eigenvalue weighted by atomic mass is 16.5. The van der Waals surface area contributed by atoms with Gasteiger partial charge in [-0.1, -0.05) is 250 Å². The zero-order valence-electron chi connectivity index (χ0n) is 41.6. The molecule has 0 aliphatic rings. The summed E-state index contributed by atoms with van der Waals surface area (Å²) in [6.07, 6.45) is 61.9. The fourth-order valence-electron chi connectivity index (χ4n) is 8.45. The van der Waals surface area contributed by atoms with Gasteiger partial charge in [0.2, 0.25) is 5.91 Å². The van der Waals surface area contributed by atoms with Crippen LogP contribution in [0.1, 0.15) is 296 Å². The molecule has 366 valence electrons. The zero-order chi connectivity index (χ0) is 45.1. The van der Waals surface area contributed by atoms with E-state index in [1.807, 2.05) is 6.08 Å². The number of aliphatic hydroxyl groups is 2. The number of hydrogen-bond acceptors (Lipinski definition) is 5. The second-order valence-corrected chi connectivity index (χ2v) is 18.9. The topological polar surface area (TPSA) is 95.9 Å². The van der Waals surface area contributed by atoms with E-state index in [1.165, 1.54) is 186 Å². The van der Waals surface area contributed by atoms with Crippen molar-refractivity contribution < 1.29 is 24.5 Å². The molecule has 0 aromatic carbocycles. The number of amides is 1. The fourth-order valence-corrected chi connectivity index (χ4v) is 8.45. The number of hydrogen-bond donors (Lipinski definition) is 3. The van der Waals surface area contributed by atoms with E-state index in [0.29, 0.717) is 19.4 Å². The molecule has 3 N–H and O–H groups in total. The Morgan fingerprint density at radius 3 is 1.15 bits per heavy atom. The van der Waals surface area contributed by atoms with Crippen molar-refractivity contribution in [3.8, 4) is 0 Å². The standard InChI is InChI=1S/C56H107NO5/c1-3-5-7-9-11-13-15-17-19-20-21-22-24-25-28-32-36-40-44-48-54(59)53(52-58)57-55(60)49-45-41-37-33-29-27-31-35-39-43-47-51-62-56(61)50-46-42-38-34-30-26-23-18-16-14-12-10-8-6-4-2/h31,35,44,48,53-54,58-59H,3-30,32-34,36-43,45-47,49-52H2,1-2H3,(H,57,60)/b35-31-,48-44+. The van der Waals surface area contributed by atoms with E-state index in [9.17, 15) is 19.8 Å². The predicted octanol–water partition coefficient (Wildman–Crippen LogP) is 16.7. The average molecular weight is 874 g/mol. The molecule has 0 aromatic heterocycles. The molecule has 1 amide bonds. The van der Waals surface area contributed by atoms with Crippen LogP contribution in [0.3, 0.4) is 0 Å². The number of ether oxygens (including phenoxy) is 1. The molecular weight excluding hydrogens is 767 g/mol. The number of nitrogens with one attached hydrogen (secondary N) is 1. The van der Waals surface area contributed by atoms with Crippen molar-refractivity contribution in [2.75, 3.05) is 13.2 Å². The van der Waals surface area contributed by atoms with Gasteiger partial charge < -0.3 is 20.3 Å². The monoisotopic (exact) mass is 874 g/mol. The molecule has 6 heteroatoms. The number of unbranched alkanes of at least 4 members (excludes halogenated alkanes) is 38. The van der Waals surface area contributed by atoms with Crippen LogP contribution in [0.15, 0.2) is 24.3 Å². The molecule has 0 bridgehead atoms. The van der Waals surface area contributed by atoms with E-state index >= 15 is 0 Å². The lowest BCUT2D eigenvalue weighted by Crippen LogP contribution is -2.45. The molecule has 0 aliphatic carbocycles. The summed E-state index contributed by atoms with van der Waals surface area (Å²) in [5.74, 6) is -0.125. The van der Waals surface area contributed by atoms with Gasteiger partial charge in [0, 0.05) is 12.8 Å². The highest BCUT2D eigenvalue weighted by Crippen LogP contribution is 2.16. The predicted molar refractivity (Wildman–Crippen MR) is 269 cm³/mol. The summed E-state index contributed by atoms with van der Waals surface area (Å²) in [6, 6.07) is -0.648. The Bertz CT molecular complexity index is 966. The van der Waals surface area contributed by atoms with Gasteiger partial charge in [-0.25, -0.2) is 0 Å². The summed E-state index contributed by atoms with van der Waals surface area (Å²) in [7, 11) is 0. The van der Waals surface area contributed by atoms with Crippen LogP contribution in [0.25, 0.3) is 0 Å².